The van der Waals surface area contributed by atoms with E-state index in [1.54, 1.807) is 18.4 Å². The van der Waals surface area contributed by atoms with E-state index in [2.05, 4.69) is 11.0 Å². The number of amides is 1. The summed E-state index contributed by atoms with van der Waals surface area (Å²) in [5, 5.41) is 3.09. The van der Waals surface area contributed by atoms with E-state index in [9.17, 15) is 4.79 Å². The molecule has 4 nitrogen and oxygen atoms in total. The molecule has 1 fully saturated rings. The van der Waals surface area contributed by atoms with Gasteiger partial charge in [-0.3, -0.25) is 4.79 Å². The van der Waals surface area contributed by atoms with Gasteiger partial charge in [-0.05, 0) is 25.5 Å². The van der Waals surface area contributed by atoms with Gasteiger partial charge in [-0.1, -0.05) is 18.2 Å². The Bertz CT molecular complexity index is 655. The molecule has 3 rings (SSSR count). The van der Waals surface area contributed by atoms with Crippen molar-refractivity contribution in [1.29, 1.82) is 0 Å². The third-order valence-electron chi connectivity index (χ3n) is 4.41. The topological polar surface area (TPSA) is 32.8 Å². The minimum atomic E-state index is 0.182. The van der Waals surface area contributed by atoms with Crippen LogP contribution in [0.25, 0.3) is 10.1 Å². The molecule has 0 radical (unpaired) electrons. The predicted octanol–water partition coefficient (Wildman–Crippen LogP) is 3.09. The number of fused-ring (bicyclic) bond motifs is 1. The van der Waals surface area contributed by atoms with Crippen LogP contribution in [-0.4, -0.2) is 62.1 Å². The van der Waals surface area contributed by atoms with Crippen molar-refractivity contribution in [3.8, 4) is 0 Å². The highest BCUT2D eigenvalue weighted by atomic mass is 32.1. The Labute approximate surface area is 141 Å². The van der Waals surface area contributed by atoms with Crippen LogP contribution >= 0.6 is 11.3 Å². The fraction of sp³-hybridized carbons (Fsp3) is 0.500. The van der Waals surface area contributed by atoms with Gasteiger partial charge in [0.1, 0.15) is 0 Å². The van der Waals surface area contributed by atoms with E-state index >= 15 is 0 Å². The lowest BCUT2D eigenvalue weighted by Gasteiger charge is -2.21. The minimum Gasteiger partial charge on any atom is -0.385 e. The molecule has 1 aliphatic heterocycles. The van der Waals surface area contributed by atoms with E-state index in [1.807, 2.05) is 28.5 Å². The van der Waals surface area contributed by atoms with Crippen LogP contribution in [0.4, 0.5) is 0 Å². The van der Waals surface area contributed by atoms with Crippen LogP contribution in [-0.2, 0) is 4.74 Å². The van der Waals surface area contributed by atoms with Crippen LogP contribution in [0.1, 0.15) is 23.2 Å². The molecule has 0 unspecified atom stereocenters. The van der Waals surface area contributed by atoms with Crippen molar-refractivity contribution in [3.05, 3.63) is 35.2 Å². The first kappa shape index (κ1) is 16.4. The zero-order valence-electron chi connectivity index (χ0n) is 13.7. The number of carbonyl (C=O) groups excluding carboxylic acids is 1. The highest BCUT2D eigenvalue weighted by Crippen LogP contribution is 2.27. The van der Waals surface area contributed by atoms with E-state index in [0.29, 0.717) is 0 Å². The fourth-order valence-electron chi connectivity index (χ4n) is 3.14. The van der Waals surface area contributed by atoms with Crippen LogP contribution in [0, 0.1) is 0 Å². The fourth-order valence-corrected chi connectivity index (χ4v) is 4.08. The summed E-state index contributed by atoms with van der Waals surface area (Å²) in [5.74, 6) is 0.182. The Kier molecular flexibility index (Phi) is 5.65. The standard InChI is InChI=1S/C18H24N2O2S/c1-22-13-5-9-19-8-4-10-20(12-11-19)18(21)16-14-23-17-7-3-2-6-15(16)17/h2-3,6-7,14H,4-5,8-13H2,1H3. The summed E-state index contributed by atoms with van der Waals surface area (Å²) < 4.78 is 6.31. The lowest BCUT2D eigenvalue weighted by molar-refractivity contribution is 0.0763. The van der Waals surface area contributed by atoms with Gasteiger partial charge in [-0.2, -0.15) is 0 Å². The lowest BCUT2D eigenvalue weighted by Crippen LogP contribution is -2.35. The summed E-state index contributed by atoms with van der Waals surface area (Å²) in [6.45, 7) is 5.55. The third kappa shape index (κ3) is 3.91. The van der Waals surface area contributed by atoms with Gasteiger partial charge in [0, 0.05) is 55.4 Å². The largest absolute Gasteiger partial charge is 0.385 e. The smallest absolute Gasteiger partial charge is 0.255 e. The molecule has 23 heavy (non-hydrogen) atoms. The SMILES string of the molecule is COCCCN1CCCN(C(=O)c2csc3ccccc23)CC1. The Morgan fingerprint density at radius 2 is 2.09 bits per heavy atom. The van der Waals surface area contributed by atoms with Gasteiger partial charge >= 0.3 is 0 Å². The Hall–Kier alpha value is -1.43. The molecule has 2 aromatic rings. The number of nitrogens with zero attached hydrogens (tertiary/aromatic N) is 2. The number of hydrogen-bond donors (Lipinski definition) is 0. The molecular formula is C18H24N2O2S. The molecule has 2 heterocycles. The van der Waals surface area contributed by atoms with Crippen molar-refractivity contribution in [1.82, 2.24) is 9.80 Å². The summed E-state index contributed by atoms with van der Waals surface area (Å²) in [5.41, 5.74) is 0.860. The quantitative estimate of drug-likeness (QED) is 0.789. The van der Waals surface area contributed by atoms with Crippen LogP contribution in [0.15, 0.2) is 29.6 Å². The molecule has 1 amide bonds. The summed E-state index contributed by atoms with van der Waals surface area (Å²) in [6, 6.07) is 8.16. The maximum Gasteiger partial charge on any atom is 0.255 e. The first-order valence-electron chi connectivity index (χ1n) is 8.26. The van der Waals surface area contributed by atoms with Crippen molar-refractivity contribution < 1.29 is 9.53 Å². The molecule has 0 N–H and O–H groups in total. The molecule has 0 saturated carbocycles. The number of thiophene rings is 1. The first-order valence-corrected chi connectivity index (χ1v) is 9.14. The van der Waals surface area contributed by atoms with E-state index < -0.39 is 0 Å². The molecule has 1 aromatic heterocycles. The lowest BCUT2D eigenvalue weighted by atomic mass is 10.1. The van der Waals surface area contributed by atoms with Gasteiger partial charge in [0.25, 0.3) is 5.91 Å². The molecular weight excluding hydrogens is 308 g/mol. The van der Waals surface area contributed by atoms with E-state index in [4.69, 9.17) is 4.74 Å². The molecule has 1 aliphatic rings. The van der Waals surface area contributed by atoms with Crippen LogP contribution in [0.2, 0.25) is 0 Å². The Morgan fingerprint density at radius 1 is 1.22 bits per heavy atom. The molecule has 0 spiro atoms. The van der Waals surface area contributed by atoms with Gasteiger partial charge in [0.05, 0.1) is 5.56 Å². The monoisotopic (exact) mass is 332 g/mol. The van der Waals surface area contributed by atoms with Gasteiger partial charge in [0.15, 0.2) is 0 Å². The number of benzene rings is 1. The zero-order valence-corrected chi connectivity index (χ0v) is 14.5. The average Bonchev–Trinajstić information content (AvgIpc) is 2.86. The second kappa shape index (κ2) is 7.90. The molecule has 0 aliphatic carbocycles. The maximum atomic E-state index is 12.9. The molecule has 1 aromatic carbocycles. The molecule has 0 bridgehead atoms. The number of ether oxygens (including phenoxy) is 1. The second-order valence-corrected chi connectivity index (χ2v) is 6.89. The minimum absolute atomic E-state index is 0.182. The summed E-state index contributed by atoms with van der Waals surface area (Å²) in [4.78, 5) is 17.3. The number of carbonyl (C=O) groups is 1. The van der Waals surface area contributed by atoms with Gasteiger partial charge in [0.2, 0.25) is 0 Å². The third-order valence-corrected chi connectivity index (χ3v) is 5.37. The predicted molar refractivity (Wildman–Crippen MR) is 95.3 cm³/mol. The van der Waals surface area contributed by atoms with Crippen molar-refractivity contribution in [2.45, 2.75) is 12.8 Å². The van der Waals surface area contributed by atoms with Crippen LogP contribution < -0.4 is 0 Å². The molecule has 1 saturated heterocycles. The van der Waals surface area contributed by atoms with E-state index in [1.165, 1.54) is 4.70 Å². The van der Waals surface area contributed by atoms with Crippen LogP contribution in [0.3, 0.4) is 0 Å². The number of rotatable bonds is 5. The van der Waals surface area contributed by atoms with Crippen molar-refractivity contribution >= 4 is 27.3 Å². The molecule has 0 atom stereocenters. The van der Waals surface area contributed by atoms with E-state index in [-0.39, 0.29) is 5.91 Å². The zero-order chi connectivity index (χ0) is 16.1. The van der Waals surface area contributed by atoms with Crippen molar-refractivity contribution in [2.24, 2.45) is 0 Å². The summed E-state index contributed by atoms with van der Waals surface area (Å²) in [6.07, 6.45) is 2.10. The van der Waals surface area contributed by atoms with Gasteiger partial charge in [-0.25, -0.2) is 0 Å². The Balaban J connectivity index is 1.64. The van der Waals surface area contributed by atoms with Crippen molar-refractivity contribution in [3.63, 3.8) is 0 Å². The summed E-state index contributed by atoms with van der Waals surface area (Å²) >= 11 is 1.65. The normalized spacial score (nSPS) is 16.7. The molecule has 124 valence electrons. The van der Waals surface area contributed by atoms with Crippen molar-refractivity contribution in [2.75, 3.05) is 46.4 Å². The van der Waals surface area contributed by atoms with Gasteiger partial charge in [-0.15, -0.1) is 11.3 Å². The number of methoxy groups -OCH3 is 1. The number of hydrogen-bond acceptors (Lipinski definition) is 4. The Morgan fingerprint density at radius 3 is 2.96 bits per heavy atom. The van der Waals surface area contributed by atoms with Gasteiger partial charge < -0.3 is 14.5 Å². The summed E-state index contributed by atoms with van der Waals surface area (Å²) in [7, 11) is 1.74. The highest BCUT2D eigenvalue weighted by Gasteiger charge is 2.22. The highest BCUT2D eigenvalue weighted by molar-refractivity contribution is 7.17. The average molecular weight is 332 g/mol. The maximum absolute atomic E-state index is 12.9. The van der Waals surface area contributed by atoms with Crippen LogP contribution in [0.5, 0.6) is 0 Å². The second-order valence-electron chi connectivity index (χ2n) is 5.98. The van der Waals surface area contributed by atoms with E-state index in [0.717, 1.165) is 63.1 Å². The molecule has 5 heteroatoms. The first-order chi connectivity index (χ1) is 11.3.